The van der Waals surface area contributed by atoms with Crippen molar-refractivity contribution in [3.63, 3.8) is 0 Å². The number of nitrogens with zero attached hydrogens (tertiary/aromatic N) is 2. The molecule has 2 aliphatic rings. The number of piperidine rings is 1. The summed E-state index contributed by atoms with van der Waals surface area (Å²) in [4.78, 5) is 6.82. The van der Waals surface area contributed by atoms with Crippen molar-refractivity contribution in [2.24, 2.45) is 16.1 Å². The van der Waals surface area contributed by atoms with Crippen molar-refractivity contribution in [2.45, 2.75) is 45.4 Å². The second-order valence-electron chi connectivity index (χ2n) is 5.08. The third-order valence-electron chi connectivity index (χ3n) is 3.96. The molecule has 0 amide bonds. The molecule has 1 aliphatic heterocycles. The van der Waals surface area contributed by atoms with Gasteiger partial charge in [0.25, 0.3) is 0 Å². The molecule has 1 saturated heterocycles. The third kappa shape index (κ3) is 3.50. The molecule has 0 atom stereocenters. The van der Waals surface area contributed by atoms with Crippen LogP contribution in [0.3, 0.4) is 0 Å². The van der Waals surface area contributed by atoms with Gasteiger partial charge < -0.3 is 10.6 Å². The Morgan fingerprint density at radius 2 is 1.88 bits per heavy atom. The zero-order valence-electron chi connectivity index (χ0n) is 10.2. The molecule has 2 rings (SSSR count). The van der Waals surface area contributed by atoms with Gasteiger partial charge >= 0.3 is 0 Å². The van der Waals surface area contributed by atoms with Crippen LogP contribution in [-0.4, -0.2) is 30.5 Å². The first-order valence-electron chi connectivity index (χ1n) is 6.31. The van der Waals surface area contributed by atoms with Crippen LogP contribution in [0.2, 0.25) is 0 Å². The molecule has 0 aromatic rings. The minimum atomic E-state index is 0. The molecule has 0 spiro atoms. The maximum atomic E-state index is 6.01. The van der Waals surface area contributed by atoms with E-state index in [9.17, 15) is 0 Å². The molecular weight excluding hydrogens is 313 g/mol. The number of guanidine groups is 1. The summed E-state index contributed by atoms with van der Waals surface area (Å²) in [6.07, 6.45) is 7.84. The lowest BCUT2D eigenvalue weighted by atomic mass is 10.1. The molecule has 2 fully saturated rings. The summed E-state index contributed by atoms with van der Waals surface area (Å²) in [6.45, 7) is 5.42. The normalized spacial score (nSPS) is 23.8. The van der Waals surface area contributed by atoms with E-state index in [2.05, 4.69) is 16.8 Å². The maximum Gasteiger partial charge on any atom is 0.191 e. The molecule has 0 aromatic carbocycles. The Kier molecular flexibility index (Phi) is 5.34. The number of hydrogen-bond acceptors (Lipinski definition) is 1. The SMILES string of the molecule is CCC1(CN=C(N)N2CCCCC2)CC1.I. The molecule has 1 saturated carbocycles. The molecule has 94 valence electrons. The fourth-order valence-electron chi connectivity index (χ4n) is 2.27. The fourth-order valence-corrected chi connectivity index (χ4v) is 2.27. The van der Waals surface area contributed by atoms with Crippen LogP contribution in [0, 0.1) is 5.41 Å². The Hall–Kier alpha value is 0. The Bertz CT molecular complexity index is 243. The summed E-state index contributed by atoms with van der Waals surface area (Å²) >= 11 is 0. The molecular formula is C12H24IN3. The fraction of sp³-hybridized carbons (Fsp3) is 0.917. The largest absolute Gasteiger partial charge is 0.370 e. The van der Waals surface area contributed by atoms with E-state index in [-0.39, 0.29) is 24.0 Å². The second-order valence-corrected chi connectivity index (χ2v) is 5.08. The van der Waals surface area contributed by atoms with Gasteiger partial charge in [0, 0.05) is 19.6 Å². The van der Waals surface area contributed by atoms with Crippen molar-refractivity contribution < 1.29 is 0 Å². The van der Waals surface area contributed by atoms with Gasteiger partial charge in [-0.25, -0.2) is 0 Å². The predicted molar refractivity (Wildman–Crippen MR) is 79.3 cm³/mol. The first kappa shape index (κ1) is 14.1. The van der Waals surface area contributed by atoms with Crippen molar-refractivity contribution in [1.29, 1.82) is 0 Å². The average molecular weight is 337 g/mol. The van der Waals surface area contributed by atoms with Crippen LogP contribution in [0.5, 0.6) is 0 Å². The van der Waals surface area contributed by atoms with Crippen molar-refractivity contribution in [1.82, 2.24) is 4.90 Å². The van der Waals surface area contributed by atoms with Gasteiger partial charge in [0.1, 0.15) is 0 Å². The molecule has 2 N–H and O–H groups in total. The molecule has 0 radical (unpaired) electrons. The molecule has 0 unspecified atom stereocenters. The molecule has 3 nitrogen and oxygen atoms in total. The van der Waals surface area contributed by atoms with Crippen LogP contribution >= 0.6 is 24.0 Å². The molecule has 0 aromatic heterocycles. The van der Waals surface area contributed by atoms with Crippen LogP contribution in [0.25, 0.3) is 0 Å². The number of rotatable bonds is 3. The van der Waals surface area contributed by atoms with Crippen LogP contribution in [0.1, 0.15) is 45.4 Å². The van der Waals surface area contributed by atoms with Gasteiger partial charge in [0.05, 0.1) is 0 Å². The summed E-state index contributed by atoms with van der Waals surface area (Å²) < 4.78 is 0. The number of aliphatic imine (C=N–C) groups is 1. The Morgan fingerprint density at radius 1 is 1.25 bits per heavy atom. The van der Waals surface area contributed by atoms with Crippen molar-refractivity contribution in [3.8, 4) is 0 Å². The van der Waals surface area contributed by atoms with Crippen molar-refractivity contribution in [2.75, 3.05) is 19.6 Å². The quantitative estimate of drug-likeness (QED) is 0.489. The summed E-state index contributed by atoms with van der Waals surface area (Å²) in [7, 11) is 0. The lowest BCUT2D eigenvalue weighted by Gasteiger charge is -2.27. The molecule has 1 heterocycles. The van der Waals surface area contributed by atoms with E-state index in [4.69, 9.17) is 5.73 Å². The molecule has 1 aliphatic carbocycles. The van der Waals surface area contributed by atoms with Crippen LogP contribution in [0.15, 0.2) is 4.99 Å². The minimum Gasteiger partial charge on any atom is -0.370 e. The van der Waals surface area contributed by atoms with Crippen molar-refractivity contribution >= 4 is 29.9 Å². The summed E-state index contributed by atoms with van der Waals surface area (Å²) in [6, 6.07) is 0. The van der Waals surface area contributed by atoms with E-state index in [0.29, 0.717) is 5.41 Å². The first-order chi connectivity index (χ1) is 7.26. The van der Waals surface area contributed by atoms with Crippen LogP contribution in [-0.2, 0) is 0 Å². The van der Waals surface area contributed by atoms with Gasteiger partial charge in [-0.15, -0.1) is 24.0 Å². The third-order valence-corrected chi connectivity index (χ3v) is 3.96. The van der Waals surface area contributed by atoms with E-state index in [0.717, 1.165) is 25.6 Å². The smallest absolute Gasteiger partial charge is 0.191 e. The van der Waals surface area contributed by atoms with E-state index < -0.39 is 0 Å². The first-order valence-corrected chi connectivity index (χ1v) is 6.31. The predicted octanol–water partition coefficient (Wildman–Crippen LogP) is 2.60. The highest BCUT2D eigenvalue weighted by atomic mass is 127. The van der Waals surface area contributed by atoms with Gasteiger partial charge in [0.2, 0.25) is 0 Å². The van der Waals surface area contributed by atoms with E-state index in [1.54, 1.807) is 0 Å². The molecule has 16 heavy (non-hydrogen) atoms. The highest BCUT2D eigenvalue weighted by Crippen LogP contribution is 2.48. The summed E-state index contributed by atoms with van der Waals surface area (Å²) in [5.74, 6) is 0.787. The standard InChI is InChI=1S/C12H23N3.HI/c1-2-12(6-7-12)10-14-11(13)15-8-4-3-5-9-15;/h2-10H2,1H3,(H2,13,14);1H. The van der Waals surface area contributed by atoms with Gasteiger partial charge in [-0.2, -0.15) is 0 Å². The van der Waals surface area contributed by atoms with E-state index in [1.165, 1.54) is 38.5 Å². The lowest BCUT2D eigenvalue weighted by molar-refractivity contribution is 0.336. The van der Waals surface area contributed by atoms with Crippen molar-refractivity contribution in [3.05, 3.63) is 0 Å². The Labute approximate surface area is 116 Å². The van der Waals surface area contributed by atoms with E-state index >= 15 is 0 Å². The second kappa shape index (κ2) is 6.07. The topological polar surface area (TPSA) is 41.6 Å². The maximum absolute atomic E-state index is 6.01. The zero-order chi connectivity index (χ0) is 10.7. The van der Waals surface area contributed by atoms with Gasteiger partial charge in [0.15, 0.2) is 5.96 Å². The van der Waals surface area contributed by atoms with E-state index in [1.807, 2.05) is 0 Å². The Balaban J connectivity index is 0.00000128. The monoisotopic (exact) mass is 337 g/mol. The summed E-state index contributed by atoms with van der Waals surface area (Å²) in [5.41, 5.74) is 6.54. The molecule has 4 heteroatoms. The summed E-state index contributed by atoms with van der Waals surface area (Å²) in [5, 5.41) is 0. The average Bonchev–Trinajstić information content (AvgIpc) is 3.08. The van der Waals surface area contributed by atoms with Gasteiger partial charge in [-0.3, -0.25) is 4.99 Å². The minimum absolute atomic E-state index is 0. The number of likely N-dealkylation sites (tertiary alicyclic amines) is 1. The highest BCUT2D eigenvalue weighted by Gasteiger charge is 2.40. The van der Waals surface area contributed by atoms with Crippen LogP contribution in [0.4, 0.5) is 0 Å². The lowest BCUT2D eigenvalue weighted by Crippen LogP contribution is -2.41. The highest BCUT2D eigenvalue weighted by molar-refractivity contribution is 14.0. The Morgan fingerprint density at radius 3 is 2.38 bits per heavy atom. The zero-order valence-corrected chi connectivity index (χ0v) is 12.6. The number of hydrogen-bond donors (Lipinski definition) is 1. The number of halogens is 1. The van der Waals surface area contributed by atoms with Crippen LogP contribution < -0.4 is 5.73 Å². The number of nitrogens with two attached hydrogens (primary N) is 1. The van der Waals surface area contributed by atoms with Gasteiger partial charge in [-0.05, 0) is 43.9 Å². The molecule has 0 bridgehead atoms. The van der Waals surface area contributed by atoms with Gasteiger partial charge in [-0.1, -0.05) is 6.92 Å².